The Morgan fingerprint density at radius 2 is 1.45 bits per heavy atom. The van der Waals surface area contributed by atoms with Crippen LogP contribution in [0.5, 0.6) is 0 Å². The van der Waals surface area contributed by atoms with Crippen molar-refractivity contribution in [2.75, 3.05) is 31.1 Å². The normalized spacial score (nSPS) is 14.1. The van der Waals surface area contributed by atoms with E-state index in [0.29, 0.717) is 13.1 Å². The van der Waals surface area contributed by atoms with E-state index in [0.717, 1.165) is 41.3 Å². The largest absolute Gasteiger partial charge is 0.368 e. The van der Waals surface area contributed by atoms with Gasteiger partial charge < -0.3 is 9.80 Å². The van der Waals surface area contributed by atoms with Crippen molar-refractivity contribution < 1.29 is 4.79 Å². The van der Waals surface area contributed by atoms with Gasteiger partial charge in [0.15, 0.2) is 0 Å². The zero-order chi connectivity index (χ0) is 22.5. The first kappa shape index (κ1) is 20.7. The van der Waals surface area contributed by atoms with E-state index in [9.17, 15) is 4.79 Å². The topological polar surface area (TPSA) is 54.3 Å². The quantitative estimate of drug-likeness (QED) is 0.439. The summed E-state index contributed by atoms with van der Waals surface area (Å²) in [4.78, 5) is 21.2. The maximum Gasteiger partial charge on any atom is 0.246 e. The summed E-state index contributed by atoms with van der Waals surface area (Å²) in [5, 5.41) is 4.81. The second-order valence-electron chi connectivity index (χ2n) is 7.93. The molecule has 5 rings (SSSR count). The number of aromatic nitrogens is 3. The Labute approximate surface area is 193 Å². The first-order valence-electron chi connectivity index (χ1n) is 11.1. The molecule has 0 atom stereocenters. The summed E-state index contributed by atoms with van der Waals surface area (Å²) in [5.41, 5.74) is 4.91. The number of hydrogen-bond acceptors (Lipinski definition) is 4. The number of pyridine rings is 1. The fraction of sp³-hybridized carbons (Fsp3) is 0.148. The molecule has 2 aromatic carbocycles. The summed E-state index contributed by atoms with van der Waals surface area (Å²) >= 11 is 0. The Kier molecular flexibility index (Phi) is 5.97. The van der Waals surface area contributed by atoms with Gasteiger partial charge in [-0.1, -0.05) is 48.5 Å². The van der Waals surface area contributed by atoms with Crippen LogP contribution in [0.3, 0.4) is 0 Å². The van der Waals surface area contributed by atoms with Gasteiger partial charge >= 0.3 is 0 Å². The molecule has 0 unspecified atom stereocenters. The first-order chi connectivity index (χ1) is 16.3. The fourth-order valence-electron chi connectivity index (χ4n) is 4.05. The highest BCUT2D eigenvalue weighted by atomic mass is 16.2. The van der Waals surface area contributed by atoms with Crippen LogP contribution in [0.1, 0.15) is 5.56 Å². The number of anilines is 1. The molecule has 164 valence electrons. The number of rotatable bonds is 5. The van der Waals surface area contributed by atoms with Crippen LogP contribution in [-0.2, 0) is 4.79 Å². The van der Waals surface area contributed by atoms with Gasteiger partial charge in [0.25, 0.3) is 0 Å². The molecule has 0 saturated carbocycles. The van der Waals surface area contributed by atoms with Gasteiger partial charge in [0.1, 0.15) is 0 Å². The minimum absolute atomic E-state index is 0.0239. The summed E-state index contributed by atoms with van der Waals surface area (Å²) in [6, 6.07) is 24.1. The monoisotopic (exact) mass is 435 g/mol. The molecule has 0 N–H and O–H groups in total. The van der Waals surface area contributed by atoms with Crippen LogP contribution in [0.2, 0.25) is 0 Å². The molecule has 1 aliphatic heterocycles. The molecule has 0 spiro atoms. The Morgan fingerprint density at radius 1 is 0.788 bits per heavy atom. The highest BCUT2D eigenvalue weighted by molar-refractivity contribution is 5.93. The number of benzene rings is 2. The van der Waals surface area contributed by atoms with Crippen molar-refractivity contribution in [2.24, 2.45) is 0 Å². The van der Waals surface area contributed by atoms with E-state index in [1.807, 2.05) is 94.7 Å². The van der Waals surface area contributed by atoms with E-state index in [2.05, 4.69) is 9.88 Å². The van der Waals surface area contributed by atoms with Gasteiger partial charge in [0, 0.05) is 67.7 Å². The summed E-state index contributed by atoms with van der Waals surface area (Å²) in [7, 11) is 0. The molecule has 1 aliphatic rings. The average molecular weight is 436 g/mol. The van der Waals surface area contributed by atoms with E-state index in [-0.39, 0.29) is 5.91 Å². The average Bonchev–Trinajstić information content (AvgIpc) is 3.33. The van der Waals surface area contributed by atoms with Gasteiger partial charge in [-0.25, -0.2) is 4.68 Å². The molecule has 0 bridgehead atoms. The number of para-hydroxylation sites is 1. The Morgan fingerprint density at radius 3 is 2.15 bits per heavy atom. The standard InChI is InChI=1S/C27H25N5O/c33-26(31-19-17-30(18-20-31)24-13-15-28-16-14-24)12-11-23-21-32(25-9-5-2-6-10-25)29-27(23)22-7-3-1-4-8-22/h1-16,21H,17-20H2/b12-11+. The predicted molar refractivity (Wildman–Crippen MR) is 131 cm³/mol. The molecule has 2 aromatic heterocycles. The number of amides is 1. The Bertz CT molecular complexity index is 1230. The minimum atomic E-state index is 0.0239. The van der Waals surface area contributed by atoms with Crippen LogP contribution in [-0.4, -0.2) is 51.8 Å². The fourth-order valence-corrected chi connectivity index (χ4v) is 4.05. The molecule has 1 amide bonds. The van der Waals surface area contributed by atoms with Gasteiger partial charge in [-0.3, -0.25) is 9.78 Å². The highest BCUT2D eigenvalue weighted by Gasteiger charge is 2.20. The first-order valence-corrected chi connectivity index (χ1v) is 11.1. The second kappa shape index (κ2) is 9.53. The third-order valence-corrected chi connectivity index (χ3v) is 5.84. The number of carbonyl (C=O) groups is 1. The lowest BCUT2D eigenvalue weighted by atomic mass is 10.1. The summed E-state index contributed by atoms with van der Waals surface area (Å²) in [6.07, 6.45) is 9.13. The lowest BCUT2D eigenvalue weighted by Crippen LogP contribution is -2.48. The number of nitrogens with zero attached hydrogens (tertiary/aromatic N) is 5. The summed E-state index contributed by atoms with van der Waals surface area (Å²) in [6.45, 7) is 3.01. The van der Waals surface area contributed by atoms with E-state index in [4.69, 9.17) is 5.10 Å². The molecule has 33 heavy (non-hydrogen) atoms. The van der Waals surface area contributed by atoms with Crippen LogP contribution in [0.25, 0.3) is 23.0 Å². The zero-order valence-corrected chi connectivity index (χ0v) is 18.3. The number of piperazine rings is 1. The smallest absolute Gasteiger partial charge is 0.246 e. The predicted octanol–water partition coefficient (Wildman–Crippen LogP) is 4.30. The molecule has 1 saturated heterocycles. The van der Waals surface area contributed by atoms with E-state index in [1.165, 1.54) is 0 Å². The van der Waals surface area contributed by atoms with Crippen molar-refractivity contribution in [3.63, 3.8) is 0 Å². The third kappa shape index (κ3) is 4.70. The van der Waals surface area contributed by atoms with Gasteiger partial charge in [-0.15, -0.1) is 0 Å². The lowest BCUT2D eigenvalue weighted by molar-refractivity contribution is -0.126. The van der Waals surface area contributed by atoms with Crippen LogP contribution in [0.4, 0.5) is 5.69 Å². The van der Waals surface area contributed by atoms with E-state index in [1.54, 1.807) is 18.5 Å². The molecular weight excluding hydrogens is 410 g/mol. The van der Waals surface area contributed by atoms with Gasteiger partial charge in [0.05, 0.1) is 11.4 Å². The highest BCUT2D eigenvalue weighted by Crippen LogP contribution is 2.25. The van der Waals surface area contributed by atoms with Crippen molar-refractivity contribution in [2.45, 2.75) is 0 Å². The number of hydrogen-bond donors (Lipinski definition) is 0. The van der Waals surface area contributed by atoms with Crippen molar-refractivity contribution in [3.8, 4) is 16.9 Å². The van der Waals surface area contributed by atoms with Crippen LogP contribution < -0.4 is 4.90 Å². The molecular formula is C27H25N5O. The van der Waals surface area contributed by atoms with E-state index < -0.39 is 0 Å². The lowest BCUT2D eigenvalue weighted by Gasteiger charge is -2.35. The molecule has 4 aromatic rings. The van der Waals surface area contributed by atoms with Crippen molar-refractivity contribution in [3.05, 3.63) is 103 Å². The summed E-state index contributed by atoms with van der Waals surface area (Å²) in [5.74, 6) is 0.0239. The Balaban J connectivity index is 1.33. The van der Waals surface area contributed by atoms with Crippen LogP contribution in [0.15, 0.2) is 97.5 Å². The Hall–Kier alpha value is -4.19. The molecule has 0 radical (unpaired) electrons. The molecule has 0 aliphatic carbocycles. The van der Waals surface area contributed by atoms with Crippen molar-refractivity contribution in [1.29, 1.82) is 0 Å². The van der Waals surface area contributed by atoms with Gasteiger partial charge in [0.2, 0.25) is 5.91 Å². The van der Waals surface area contributed by atoms with Crippen molar-refractivity contribution >= 4 is 17.7 Å². The maximum absolute atomic E-state index is 12.9. The van der Waals surface area contributed by atoms with Crippen LogP contribution in [0, 0.1) is 0 Å². The second-order valence-corrected chi connectivity index (χ2v) is 7.93. The molecule has 1 fully saturated rings. The summed E-state index contributed by atoms with van der Waals surface area (Å²) < 4.78 is 1.86. The van der Waals surface area contributed by atoms with Gasteiger partial charge in [-0.05, 0) is 30.3 Å². The number of carbonyl (C=O) groups excluding carboxylic acids is 1. The van der Waals surface area contributed by atoms with E-state index >= 15 is 0 Å². The van der Waals surface area contributed by atoms with Crippen LogP contribution >= 0.6 is 0 Å². The van der Waals surface area contributed by atoms with Crippen molar-refractivity contribution in [1.82, 2.24) is 19.7 Å². The zero-order valence-electron chi connectivity index (χ0n) is 18.3. The molecule has 6 heteroatoms. The minimum Gasteiger partial charge on any atom is -0.368 e. The van der Waals surface area contributed by atoms with Gasteiger partial charge in [-0.2, -0.15) is 5.10 Å². The molecule has 3 heterocycles. The molecule has 6 nitrogen and oxygen atoms in total. The third-order valence-electron chi connectivity index (χ3n) is 5.84. The SMILES string of the molecule is O=C(/C=C/c1cn(-c2ccccc2)nc1-c1ccccc1)N1CCN(c2ccncc2)CC1. The maximum atomic E-state index is 12.9.